The minimum Gasteiger partial charge on any atom is -0.391 e. The standard InChI is InChI=1S/C14H21FN2O/c1-16(9-10-17-7-2-3-8-17)14-6-4-5-13(15)12(14)11-18/h4-6,18H,2-3,7-11H2,1H3. The average molecular weight is 252 g/mol. The molecule has 0 atom stereocenters. The van der Waals surface area contributed by atoms with Crippen LogP contribution >= 0.6 is 0 Å². The number of benzene rings is 1. The minimum absolute atomic E-state index is 0.254. The van der Waals surface area contributed by atoms with Crippen molar-refractivity contribution in [3.8, 4) is 0 Å². The van der Waals surface area contributed by atoms with Gasteiger partial charge in [-0.1, -0.05) is 6.07 Å². The zero-order valence-electron chi connectivity index (χ0n) is 10.9. The molecule has 0 saturated carbocycles. The number of anilines is 1. The Morgan fingerprint density at radius 3 is 2.72 bits per heavy atom. The van der Waals surface area contributed by atoms with Gasteiger partial charge in [0.25, 0.3) is 0 Å². The Hall–Kier alpha value is -1.13. The van der Waals surface area contributed by atoms with Crippen molar-refractivity contribution in [2.75, 3.05) is 38.1 Å². The van der Waals surface area contributed by atoms with Crippen molar-refractivity contribution in [1.82, 2.24) is 4.90 Å². The van der Waals surface area contributed by atoms with Crippen LogP contribution in [0.2, 0.25) is 0 Å². The van der Waals surface area contributed by atoms with Gasteiger partial charge >= 0.3 is 0 Å². The summed E-state index contributed by atoms with van der Waals surface area (Å²) in [6, 6.07) is 4.94. The molecule has 1 fully saturated rings. The highest BCUT2D eigenvalue weighted by molar-refractivity contribution is 5.53. The van der Waals surface area contributed by atoms with E-state index < -0.39 is 0 Å². The quantitative estimate of drug-likeness (QED) is 0.866. The highest BCUT2D eigenvalue weighted by Crippen LogP contribution is 2.22. The summed E-state index contributed by atoms with van der Waals surface area (Å²) in [6.45, 7) is 3.94. The minimum atomic E-state index is -0.331. The van der Waals surface area contributed by atoms with Crippen LogP contribution in [-0.2, 0) is 6.61 Å². The molecule has 0 aliphatic carbocycles. The van der Waals surface area contributed by atoms with Crippen molar-refractivity contribution in [3.63, 3.8) is 0 Å². The van der Waals surface area contributed by atoms with E-state index in [0.29, 0.717) is 5.56 Å². The number of likely N-dealkylation sites (tertiary alicyclic amines) is 1. The normalized spacial score (nSPS) is 16.2. The van der Waals surface area contributed by atoms with E-state index in [2.05, 4.69) is 4.90 Å². The Morgan fingerprint density at radius 2 is 2.06 bits per heavy atom. The summed E-state index contributed by atoms with van der Waals surface area (Å²) in [5.41, 5.74) is 1.18. The molecular weight excluding hydrogens is 231 g/mol. The Bertz CT molecular complexity index is 391. The van der Waals surface area contributed by atoms with E-state index in [4.69, 9.17) is 0 Å². The van der Waals surface area contributed by atoms with Crippen molar-refractivity contribution in [1.29, 1.82) is 0 Å². The maximum absolute atomic E-state index is 13.6. The molecule has 1 aromatic carbocycles. The van der Waals surface area contributed by atoms with Gasteiger partial charge in [-0.2, -0.15) is 0 Å². The predicted octanol–water partition coefficient (Wildman–Crippen LogP) is 1.85. The zero-order chi connectivity index (χ0) is 13.0. The summed E-state index contributed by atoms with van der Waals surface area (Å²) < 4.78 is 13.6. The Morgan fingerprint density at radius 1 is 1.33 bits per heavy atom. The van der Waals surface area contributed by atoms with E-state index in [1.807, 2.05) is 18.0 Å². The van der Waals surface area contributed by atoms with Crippen molar-refractivity contribution in [3.05, 3.63) is 29.6 Å². The van der Waals surface area contributed by atoms with Gasteiger partial charge in [-0.15, -0.1) is 0 Å². The molecule has 1 aromatic rings. The van der Waals surface area contributed by atoms with Gasteiger partial charge in [0.2, 0.25) is 0 Å². The van der Waals surface area contributed by atoms with E-state index in [1.54, 1.807) is 6.07 Å². The van der Waals surface area contributed by atoms with E-state index in [-0.39, 0.29) is 12.4 Å². The lowest BCUT2D eigenvalue weighted by Gasteiger charge is -2.25. The third kappa shape index (κ3) is 3.00. The van der Waals surface area contributed by atoms with Crippen molar-refractivity contribution < 1.29 is 9.50 Å². The number of nitrogens with zero attached hydrogens (tertiary/aromatic N) is 2. The molecule has 0 spiro atoms. The molecule has 3 nitrogen and oxygen atoms in total. The molecule has 0 radical (unpaired) electrons. The lowest BCUT2D eigenvalue weighted by atomic mass is 10.1. The number of halogens is 1. The highest BCUT2D eigenvalue weighted by Gasteiger charge is 2.14. The molecule has 18 heavy (non-hydrogen) atoms. The molecule has 0 bridgehead atoms. The number of hydrogen-bond donors (Lipinski definition) is 1. The first kappa shape index (κ1) is 13.3. The van der Waals surface area contributed by atoms with Gasteiger partial charge in [0, 0.05) is 31.4 Å². The summed E-state index contributed by atoms with van der Waals surface area (Å²) in [6.07, 6.45) is 2.57. The van der Waals surface area contributed by atoms with Gasteiger partial charge < -0.3 is 14.9 Å². The highest BCUT2D eigenvalue weighted by atomic mass is 19.1. The number of aliphatic hydroxyl groups is 1. The van der Waals surface area contributed by atoms with E-state index >= 15 is 0 Å². The average Bonchev–Trinajstić information content (AvgIpc) is 2.88. The molecule has 100 valence electrons. The first-order valence-corrected chi connectivity index (χ1v) is 6.54. The monoisotopic (exact) mass is 252 g/mol. The van der Waals surface area contributed by atoms with Crippen LogP contribution in [0.25, 0.3) is 0 Å². The summed E-state index contributed by atoms with van der Waals surface area (Å²) in [4.78, 5) is 4.45. The smallest absolute Gasteiger partial charge is 0.130 e. The second-order valence-electron chi connectivity index (χ2n) is 4.87. The van der Waals surface area contributed by atoms with E-state index in [1.165, 1.54) is 32.0 Å². The lowest BCUT2D eigenvalue weighted by Crippen LogP contribution is -2.32. The Balaban J connectivity index is 1.99. The van der Waals surface area contributed by atoms with Crippen LogP contribution < -0.4 is 4.90 Å². The largest absolute Gasteiger partial charge is 0.391 e. The van der Waals surface area contributed by atoms with Gasteiger partial charge in [0.05, 0.1) is 6.61 Å². The molecule has 1 saturated heterocycles. The zero-order valence-corrected chi connectivity index (χ0v) is 10.9. The molecule has 0 aromatic heterocycles. The maximum atomic E-state index is 13.6. The third-order valence-corrected chi connectivity index (χ3v) is 3.61. The summed E-state index contributed by atoms with van der Waals surface area (Å²) >= 11 is 0. The maximum Gasteiger partial charge on any atom is 0.130 e. The van der Waals surface area contributed by atoms with Gasteiger partial charge in [0.1, 0.15) is 5.82 Å². The van der Waals surface area contributed by atoms with Gasteiger partial charge in [-0.3, -0.25) is 0 Å². The molecule has 4 heteroatoms. The number of likely N-dealkylation sites (N-methyl/N-ethyl adjacent to an activating group) is 1. The molecule has 0 amide bonds. The summed E-state index contributed by atoms with van der Waals surface area (Å²) in [5.74, 6) is -0.331. The van der Waals surface area contributed by atoms with Gasteiger partial charge in [-0.05, 0) is 38.1 Å². The first-order valence-electron chi connectivity index (χ1n) is 6.54. The van der Waals surface area contributed by atoms with Crippen LogP contribution in [0.5, 0.6) is 0 Å². The molecule has 0 unspecified atom stereocenters. The van der Waals surface area contributed by atoms with Crippen LogP contribution in [0.1, 0.15) is 18.4 Å². The SMILES string of the molecule is CN(CCN1CCCC1)c1cccc(F)c1CO. The van der Waals surface area contributed by atoms with E-state index in [9.17, 15) is 9.50 Å². The van der Waals surface area contributed by atoms with Crippen molar-refractivity contribution in [2.45, 2.75) is 19.4 Å². The molecule has 2 rings (SSSR count). The van der Waals surface area contributed by atoms with Crippen LogP contribution in [0.15, 0.2) is 18.2 Å². The fourth-order valence-corrected chi connectivity index (χ4v) is 2.48. The topological polar surface area (TPSA) is 26.7 Å². The third-order valence-electron chi connectivity index (χ3n) is 3.61. The summed E-state index contributed by atoms with van der Waals surface area (Å²) in [5, 5.41) is 9.25. The van der Waals surface area contributed by atoms with Crippen LogP contribution in [-0.4, -0.2) is 43.2 Å². The second kappa shape index (κ2) is 6.16. The molecule has 1 heterocycles. The second-order valence-corrected chi connectivity index (χ2v) is 4.87. The molecule has 1 aliphatic rings. The van der Waals surface area contributed by atoms with Gasteiger partial charge in [0.15, 0.2) is 0 Å². The Kier molecular flexibility index (Phi) is 4.55. The number of hydrogen-bond acceptors (Lipinski definition) is 3. The van der Waals surface area contributed by atoms with Crippen LogP contribution in [0.4, 0.5) is 10.1 Å². The Labute approximate surface area is 108 Å². The fraction of sp³-hybridized carbons (Fsp3) is 0.571. The van der Waals surface area contributed by atoms with Gasteiger partial charge in [-0.25, -0.2) is 4.39 Å². The van der Waals surface area contributed by atoms with E-state index in [0.717, 1.165) is 18.8 Å². The lowest BCUT2D eigenvalue weighted by molar-refractivity contribution is 0.276. The fourth-order valence-electron chi connectivity index (χ4n) is 2.48. The van der Waals surface area contributed by atoms with Crippen molar-refractivity contribution in [2.24, 2.45) is 0 Å². The first-order chi connectivity index (χ1) is 8.72. The number of rotatable bonds is 5. The van der Waals surface area contributed by atoms with Crippen molar-refractivity contribution >= 4 is 5.69 Å². The molecular formula is C14H21FN2O. The summed E-state index contributed by atoms with van der Waals surface area (Å²) in [7, 11) is 1.95. The van der Waals surface area contributed by atoms with Crippen LogP contribution in [0, 0.1) is 5.82 Å². The van der Waals surface area contributed by atoms with Crippen LogP contribution in [0.3, 0.4) is 0 Å². The molecule has 1 N–H and O–H groups in total. The molecule has 1 aliphatic heterocycles. The predicted molar refractivity (Wildman–Crippen MR) is 71.3 cm³/mol. The number of aliphatic hydroxyl groups excluding tert-OH is 1.